The number of piperidine rings is 1. The van der Waals surface area contributed by atoms with Gasteiger partial charge in [0, 0.05) is 6.04 Å². The van der Waals surface area contributed by atoms with Crippen molar-refractivity contribution >= 4 is 10.0 Å². The molecule has 1 saturated heterocycles. The number of rotatable bonds is 3. The zero-order valence-electron chi connectivity index (χ0n) is 8.27. The molecule has 0 amide bonds. The maximum Gasteiger partial charge on any atom is 0.274 e. The maximum atomic E-state index is 11.7. The van der Waals surface area contributed by atoms with Gasteiger partial charge in [0.15, 0.2) is 0 Å². The lowest BCUT2D eigenvalue weighted by atomic mass is 10.1. The Bertz CT molecular complexity index is 393. The molecule has 0 aromatic carbocycles. The van der Waals surface area contributed by atoms with Gasteiger partial charge in [0.2, 0.25) is 5.09 Å². The summed E-state index contributed by atoms with van der Waals surface area (Å²) in [5, 5.41) is 3.16. The fourth-order valence-electron chi connectivity index (χ4n) is 1.63. The van der Waals surface area contributed by atoms with E-state index >= 15 is 0 Å². The monoisotopic (exact) mass is 230 g/mol. The van der Waals surface area contributed by atoms with E-state index in [9.17, 15) is 8.42 Å². The molecular formula is C9H14N2O3S. The van der Waals surface area contributed by atoms with Gasteiger partial charge in [-0.25, -0.2) is 13.1 Å². The van der Waals surface area contributed by atoms with Gasteiger partial charge in [-0.15, -0.1) is 0 Å². The molecule has 2 N–H and O–H groups in total. The molecule has 1 aromatic heterocycles. The Hall–Kier alpha value is -0.850. The smallest absolute Gasteiger partial charge is 0.274 e. The van der Waals surface area contributed by atoms with Crippen molar-refractivity contribution in [2.75, 3.05) is 13.1 Å². The average Bonchev–Trinajstić information content (AvgIpc) is 2.71. The van der Waals surface area contributed by atoms with E-state index in [4.69, 9.17) is 4.42 Å². The summed E-state index contributed by atoms with van der Waals surface area (Å²) in [6.45, 7) is 1.71. The second-order valence-electron chi connectivity index (χ2n) is 3.58. The zero-order valence-corrected chi connectivity index (χ0v) is 9.09. The summed E-state index contributed by atoms with van der Waals surface area (Å²) in [7, 11) is -3.46. The molecule has 0 unspecified atom stereocenters. The minimum Gasteiger partial charge on any atom is -0.452 e. The van der Waals surface area contributed by atoms with Crippen LogP contribution in [0.15, 0.2) is 27.9 Å². The van der Waals surface area contributed by atoms with Crippen molar-refractivity contribution < 1.29 is 12.8 Å². The molecule has 0 aliphatic carbocycles. The summed E-state index contributed by atoms with van der Waals surface area (Å²) in [6.07, 6.45) is 3.00. The van der Waals surface area contributed by atoms with E-state index in [2.05, 4.69) is 10.0 Å². The van der Waals surface area contributed by atoms with E-state index in [1.165, 1.54) is 12.3 Å². The standard InChI is InChI=1S/C9H14N2O3S/c12-15(13,9-2-1-7-14-9)11-8-3-5-10-6-4-8/h1-2,7-8,10-11H,3-6H2. The first-order valence-corrected chi connectivity index (χ1v) is 6.43. The Labute approximate surface area is 88.9 Å². The predicted octanol–water partition coefficient (Wildman–Crippen LogP) is 0.310. The Morgan fingerprint density at radius 1 is 1.40 bits per heavy atom. The molecule has 15 heavy (non-hydrogen) atoms. The summed E-state index contributed by atoms with van der Waals surface area (Å²) in [4.78, 5) is 0. The first-order valence-electron chi connectivity index (χ1n) is 4.95. The zero-order chi connectivity index (χ0) is 10.7. The molecule has 6 heteroatoms. The van der Waals surface area contributed by atoms with E-state index in [1.54, 1.807) is 6.07 Å². The molecule has 5 nitrogen and oxygen atoms in total. The summed E-state index contributed by atoms with van der Waals surface area (Å²) in [5.74, 6) is 0. The highest BCUT2D eigenvalue weighted by atomic mass is 32.2. The molecule has 84 valence electrons. The van der Waals surface area contributed by atoms with E-state index in [0.29, 0.717) is 0 Å². The van der Waals surface area contributed by atoms with Gasteiger partial charge in [-0.3, -0.25) is 0 Å². The highest BCUT2D eigenvalue weighted by Gasteiger charge is 2.23. The highest BCUT2D eigenvalue weighted by Crippen LogP contribution is 2.12. The molecule has 1 aromatic rings. The quantitative estimate of drug-likeness (QED) is 0.784. The lowest BCUT2D eigenvalue weighted by molar-refractivity contribution is 0.409. The van der Waals surface area contributed by atoms with Gasteiger partial charge in [0.1, 0.15) is 0 Å². The fraction of sp³-hybridized carbons (Fsp3) is 0.556. The van der Waals surface area contributed by atoms with Crippen LogP contribution in [0.25, 0.3) is 0 Å². The molecule has 1 fully saturated rings. The van der Waals surface area contributed by atoms with Crippen molar-refractivity contribution in [2.24, 2.45) is 0 Å². The highest BCUT2D eigenvalue weighted by molar-refractivity contribution is 7.89. The first-order chi connectivity index (χ1) is 7.18. The first kappa shape index (κ1) is 10.7. The second kappa shape index (κ2) is 4.34. The number of nitrogens with one attached hydrogen (secondary N) is 2. The molecule has 2 rings (SSSR count). The van der Waals surface area contributed by atoms with Crippen LogP contribution in [0.2, 0.25) is 0 Å². The summed E-state index contributed by atoms with van der Waals surface area (Å²) < 4.78 is 31.0. The van der Waals surface area contributed by atoms with Crippen LogP contribution in [0.4, 0.5) is 0 Å². The fourth-order valence-corrected chi connectivity index (χ4v) is 2.86. The number of hydrogen-bond donors (Lipinski definition) is 2. The van der Waals surface area contributed by atoms with Crippen LogP contribution in [0, 0.1) is 0 Å². The van der Waals surface area contributed by atoms with Gasteiger partial charge in [0.25, 0.3) is 10.0 Å². The Morgan fingerprint density at radius 3 is 2.73 bits per heavy atom. The minimum absolute atomic E-state index is 0.0129. The van der Waals surface area contributed by atoms with Gasteiger partial charge in [-0.2, -0.15) is 0 Å². The minimum atomic E-state index is -3.46. The summed E-state index contributed by atoms with van der Waals surface area (Å²) >= 11 is 0. The molecule has 1 aliphatic heterocycles. The summed E-state index contributed by atoms with van der Waals surface area (Å²) in [6, 6.07) is 3.03. The Kier molecular flexibility index (Phi) is 3.08. The van der Waals surface area contributed by atoms with Crippen molar-refractivity contribution in [1.29, 1.82) is 0 Å². The van der Waals surface area contributed by atoms with Crippen molar-refractivity contribution in [3.05, 3.63) is 18.4 Å². The van der Waals surface area contributed by atoms with Crippen molar-refractivity contribution in [3.63, 3.8) is 0 Å². The second-order valence-corrected chi connectivity index (χ2v) is 5.22. The van der Waals surface area contributed by atoms with Gasteiger partial charge in [-0.1, -0.05) is 0 Å². The normalized spacial score (nSPS) is 19.2. The third-order valence-corrected chi connectivity index (χ3v) is 3.83. The van der Waals surface area contributed by atoms with E-state index in [0.717, 1.165) is 25.9 Å². The number of sulfonamides is 1. The van der Waals surface area contributed by atoms with Crippen LogP contribution < -0.4 is 10.0 Å². The van der Waals surface area contributed by atoms with Gasteiger partial charge >= 0.3 is 0 Å². The molecule has 0 bridgehead atoms. The topological polar surface area (TPSA) is 71.3 Å². The van der Waals surface area contributed by atoms with Crippen LogP contribution >= 0.6 is 0 Å². The Morgan fingerprint density at radius 2 is 2.13 bits per heavy atom. The molecule has 1 aliphatic rings. The predicted molar refractivity (Wildman–Crippen MR) is 54.9 cm³/mol. The SMILES string of the molecule is O=S(=O)(NC1CCNCC1)c1ccco1. The molecule has 0 radical (unpaired) electrons. The van der Waals surface area contributed by atoms with Crippen molar-refractivity contribution in [3.8, 4) is 0 Å². The van der Waals surface area contributed by atoms with E-state index in [1.807, 2.05) is 0 Å². The third-order valence-electron chi connectivity index (χ3n) is 2.42. The van der Waals surface area contributed by atoms with E-state index < -0.39 is 10.0 Å². The molecule has 0 saturated carbocycles. The lowest BCUT2D eigenvalue weighted by Crippen LogP contribution is -2.42. The van der Waals surface area contributed by atoms with E-state index in [-0.39, 0.29) is 11.1 Å². The van der Waals surface area contributed by atoms with Crippen LogP contribution in [-0.4, -0.2) is 27.5 Å². The average molecular weight is 230 g/mol. The number of hydrogen-bond acceptors (Lipinski definition) is 4. The molecular weight excluding hydrogens is 216 g/mol. The largest absolute Gasteiger partial charge is 0.452 e. The lowest BCUT2D eigenvalue weighted by Gasteiger charge is -2.22. The van der Waals surface area contributed by atoms with Gasteiger partial charge in [-0.05, 0) is 38.1 Å². The Balaban J connectivity index is 2.04. The molecule has 0 atom stereocenters. The summed E-state index contributed by atoms with van der Waals surface area (Å²) in [5.41, 5.74) is 0. The third kappa shape index (κ3) is 2.58. The molecule has 2 heterocycles. The maximum absolute atomic E-state index is 11.7. The van der Waals surface area contributed by atoms with Crippen LogP contribution in [0.3, 0.4) is 0 Å². The molecule has 0 spiro atoms. The van der Waals surface area contributed by atoms with Crippen LogP contribution in [0.1, 0.15) is 12.8 Å². The van der Waals surface area contributed by atoms with Gasteiger partial charge < -0.3 is 9.73 Å². The van der Waals surface area contributed by atoms with Crippen molar-refractivity contribution in [1.82, 2.24) is 10.0 Å². The van der Waals surface area contributed by atoms with Crippen LogP contribution in [-0.2, 0) is 10.0 Å². The van der Waals surface area contributed by atoms with Crippen LogP contribution in [0.5, 0.6) is 0 Å². The van der Waals surface area contributed by atoms with Gasteiger partial charge in [0.05, 0.1) is 6.26 Å². The number of furan rings is 1. The van der Waals surface area contributed by atoms with Crippen molar-refractivity contribution in [2.45, 2.75) is 24.0 Å².